The minimum atomic E-state index is -4.51. The summed E-state index contributed by atoms with van der Waals surface area (Å²) in [5, 5.41) is 8.97. The minimum absolute atomic E-state index is 0.0489. The molecule has 0 bridgehead atoms. The number of fused-ring (bicyclic) bond motifs is 1. The number of hydrogen-bond acceptors (Lipinski definition) is 3. The van der Waals surface area contributed by atoms with Gasteiger partial charge < -0.3 is 4.40 Å². The molecular weight excluding hydrogens is 293 g/mol. The number of nitriles is 1. The van der Waals surface area contributed by atoms with E-state index in [9.17, 15) is 13.2 Å². The molecule has 4 nitrogen and oxygen atoms in total. The Morgan fingerprint density at radius 3 is 2.68 bits per heavy atom. The van der Waals surface area contributed by atoms with E-state index in [0.717, 1.165) is 6.07 Å². The third kappa shape index (κ3) is 2.29. The molecule has 7 heteroatoms. The molecule has 0 saturated heterocycles. The second-order valence-electron chi connectivity index (χ2n) is 4.60. The highest BCUT2D eigenvalue weighted by Crippen LogP contribution is 2.34. The molecule has 0 aliphatic rings. The maximum absolute atomic E-state index is 13.1. The van der Waals surface area contributed by atoms with Gasteiger partial charge in [0, 0.05) is 24.2 Å². The zero-order valence-corrected chi connectivity index (χ0v) is 11.2. The van der Waals surface area contributed by atoms with Crippen LogP contribution in [0.25, 0.3) is 16.9 Å². The number of pyridine rings is 2. The molecule has 0 spiro atoms. The molecular formula is C15H9F3N4. The molecule has 3 rings (SSSR count). The van der Waals surface area contributed by atoms with Crippen LogP contribution in [0.1, 0.15) is 11.3 Å². The fourth-order valence-electron chi connectivity index (χ4n) is 2.32. The topological polar surface area (TPSA) is 54.0 Å². The largest absolute Gasteiger partial charge is 0.419 e. The van der Waals surface area contributed by atoms with Crippen LogP contribution in [0, 0.1) is 11.3 Å². The Kier molecular flexibility index (Phi) is 3.29. The lowest BCUT2D eigenvalue weighted by Gasteiger charge is -2.07. The fourth-order valence-corrected chi connectivity index (χ4v) is 2.32. The van der Waals surface area contributed by atoms with Crippen LogP contribution in [-0.2, 0) is 12.6 Å². The summed E-state index contributed by atoms with van der Waals surface area (Å²) in [6.07, 6.45) is -0.0128. The number of alkyl halides is 3. The first-order valence-corrected chi connectivity index (χ1v) is 6.37. The van der Waals surface area contributed by atoms with Crippen molar-refractivity contribution in [3.63, 3.8) is 0 Å². The average Bonchev–Trinajstić information content (AvgIpc) is 2.86. The molecule has 110 valence electrons. The second-order valence-corrected chi connectivity index (χ2v) is 4.60. The molecule has 0 aliphatic carbocycles. The van der Waals surface area contributed by atoms with E-state index in [1.165, 1.54) is 22.9 Å². The minimum Gasteiger partial charge on any atom is -0.302 e. The molecule has 3 heterocycles. The summed E-state index contributed by atoms with van der Waals surface area (Å²) in [5.41, 5.74) is 0.288. The molecule has 0 atom stereocenters. The molecule has 0 fully saturated rings. The van der Waals surface area contributed by atoms with Crippen LogP contribution in [0.2, 0.25) is 0 Å². The second kappa shape index (κ2) is 5.15. The van der Waals surface area contributed by atoms with Crippen molar-refractivity contribution in [2.45, 2.75) is 12.6 Å². The summed E-state index contributed by atoms with van der Waals surface area (Å²) in [4.78, 5) is 8.07. The van der Waals surface area contributed by atoms with Crippen LogP contribution in [0.3, 0.4) is 0 Å². The number of aromatic nitrogens is 3. The third-order valence-electron chi connectivity index (χ3n) is 3.24. The van der Waals surface area contributed by atoms with Crippen molar-refractivity contribution in [1.29, 1.82) is 5.26 Å². The van der Waals surface area contributed by atoms with Gasteiger partial charge in [0.1, 0.15) is 5.65 Å². The van der Waals surface area contributed by atoms with Gasteiger partial charge in [0.15, 0.2) is 0 Å². The van der Waals surface area contributed by atoms with Gasteiger partial charge >= 0.3 is 6.18 Å². The van der Waals surface area contributed by atoms with Gasteiger partial charge in [-0.25, -0.2) is 4.98 Å². The maximum atomic E-state index is 13.1. The van der Waals surface area contributed by atoms with Gasteiger partial charge in [-0.1, -0.05) is 0 Å². The molecule has 0 N–H and O–H groups in total. The van der Waals surface area contributed by atoms with Crippen LogP contribution >= 0.6 is 0 Å². The predicted octanol–water partition coefficient (Wildman–Crippen LogP) is 3.48. The Morgan fingerprint density at radius 2 is 2.05 bits per heavy atom. The molecule has 3 aromatic heterocycles. The molecule has 0 amide bonds. The van der Waals surface area contributed by atoms with Gasteiger partial charge in [-0.2, -0.15) is 18.4 Å². The zero-order valence-electron chi connectivity index (χ0n) is 11.2. The molecule has 0 saturated carbocycles. The first-order chi connectivity index (χ1) is 10.5. The van der Waals surface area contributed by atoms with Crippen molar-refractivity contribution in [3.8, 4) is 17.3 Å². The van der Waals surface area contributed by atoms with E-state index in [2.05, 4.69) is 9.97 Å². The Morgan fingerprint density at radius 1 is 1.23 bits per heavy atom. The SMILES string of the molecule is N#CCc1c(-c2cccnc2)nc2c(C(F)(F)F)cccn12. The quantitative estimate of drug-likeness (QED) is 0.728. The van der Waals surface area contributed by atoms with E-state index in [0.29, 0.717) is 17.0 Å². The smallest absolute Gasteiger partial charge is 0.302 e. The van der Waals surface area contributed by atoms with E-state index in [4.69, 9.17) is 5.26 Å². The van der Waals surface area contributed by atoms with Gasteiger partial charge in [-0.05, 0) is 24.3 Å². The predicted molar refractivity (Wildman–Crippen MR) is 72.7 cm³/mol. The van der Waals surface area contributed by atoms with Gasteiger partial charge in [-0.3, -0.25) is 4.98 Å². The van der Waals surface area contributed by atoms with Crippen LogP contribution < -0.4 is 0 Å². The summed E-state index contributed by atoms with van der Waals surface area (Å²) < 4.78 is 40.7. The molecule has 22 heavy (non-hydrogen) atoms. The van der Waals surface area contributed by atoms with Crippen molar-refractivity contribution in [1.82, 2.24) is 14.4 Å². The number of imidazole rings is 1. The van der Waals surface area contributed by atoms with Crippen LogP contribution in [-0.4, -0.2) is 14.4 Å². The lowest BCUT2D eigenvalue weighted by Crippen LogP contribution is -2.07. The van der Waals surface area contributed by atoms with E-state index < -0.39 is 11.7 Å². The van der Waals surface area contributed by atoms with E-state index >= 15 is 0 Å². The van der Waals surface area contributed by atoms with Gasteiger partial charge in [-0.15, -0.1) is 0 Å². The Bertz CT molecular complexity index is 860. The highest BCUT2D eigenvalue weighted by molar-refractivity contribution is 5.68. The Labute approximate surface area is 123 Å². The molecule has 3 aromatic rings. The number of rotatable bonds is 2. The summed E-state index contributed by atoms with van der Waals surface area (Å²) in [6, 6.07) is 7.61. The molecule has 0 aliphatic heterocycles. The molecule has 0 aromatic carbocycles. The third-order valence-corrected chi connectivity index (χ3v) is 3.24. The Hall–Kier alpha value is -2.88. The van der Waals surface area contributed by atoms with Crippen molar-refractivity contribution in [3.05, 3.63) is 54.1 Å². The summed E-state index contributed by atoms with van der Waals surface area (Å²) >= 11 is 0. The lowest BCUT2D eigenvalue weighted by atomic mass is 10.1. The molecule has 0 radical (unpaired) electrons. The van der Waals surface area contributed by atoms with Crippen LogP contribution in [0.4, 0.5) is 13.2 Å². The summed E-state index contributed by atoms with van der Waals surface area (Å²) in [5.74, 6) is 0. The van der Waals surface area contributed by atoms with Crippen molar-refractivity contribution in [2.75, 3.05) is 0 Å². The van der Waals surface area contributed by atoms with Crippen LogP contribution in [0.5, 0.6) is 0 Å². The normalized spacial score (nSPS) is 11.5. The highest BCUT2D eigenvalue weighted by Gasteiger charge is 2.34. The van der Waals surface area contributed by atoms with Gasteiger partial charge in [0.2, 0.25) is 0 Å². The van der Waals surface area contributed by atoms with Crippen molar-refractivity contribution >= 4 is 5.65 Å². The monoisotopic (exact) mass is 302 g/mol. The lowest BCUT2D eigenvalue weighted by molar-refractivity contribution is -0.136. The van der Waals surface area contributed by atoms with Gasteiger partial charge in [0.05, 0.1) is 29.4 Å². The summed E-state index contributed by atoms with van der Waals surface area (Å²) in [6.45, 7) is 0. The number of hydrogen-bond donors (Lipinski definition) is 0. The maximum Gasteiger partial charge on any atom is 0.419 e. The van der Waals surface area contributed by atoms with Gasteiger partial charge in [0.25, 0.3) is 0 Å². The first kappa shape index (κ1) is 14.1. The van der Waals surface area contributed by atoms with Crippen molar-refractivity contribution in [2.24, 2.45) is 0 Å². The Balaban J connectivity index is 2.34. The van der Waals surface area contributed by atoms with E-state index in [1.807, 2.05) is 6.07 Å². The summed E-state index contributed by atoms with van der Waals surface area (Å²) in [7, 11) is 0. The first-order valence-electron chi connectivity index (χ1n) is 6.37. The number of nitrogens with zero attached hydrogens (tertiary/aromatic N) is 4. The fraction of sp³-hybridized carbons (Fsp3) is 0.133. The van der Waals surface area contributed by atoms with Crippen molar-refractivity contribution < 1.29 is 13.2 Å². The standard InChI is InChI=1S/C15H9F3N4/c16-15(17,18)11-4-2-8-22-12(5-6-19)13(21-14(11)22)10-3-1-7-20-9-10/h1-4,7-9H,5H2. The average molecular weight is 302 g/mol. The van der Waals surface area contributed by atoms with E-state index in [1.54, 1.807) is 18.3 Å². The molecule has 0 unspecified atom stereocenters. The highest BCUT2D eigenvalue weighted by atomic mass is 19.4. The number of halogens is 3. The zero-order chi connectivity index (χ0) is 15.7. The van der Waals surface area contributed by atoms with Crippen LogP contribution in [0.15, 0.2) is 42.9 Å². The van der Waals surface area contributed by atoms with E-state index in [-0.39, 0.29) is 12.1 Å².